The summed E-state index contributed by atoms with van der Waals surface area (Å²) in [5, 5.41) is 0. The lowest BCUT2D eigenvalue weighted by Gasteiger charge is -2.07. The van der Waals surface area contributed by atoms with Crippen molar-refractivity contribution < 1.29 is 4.74 Å². The summed E-state index contributed by atoms with van der Waals surface area (Å²) in [6, 6.07) is 14.5. The van der Waals surface area contributed by atoms with Gasteiger partial charge in [-0.2, -0.15) is 0 Å². The van der Waals surface area contributed by atoms with Crippen LogP contribution in [0.2, 0.25) is 0 Å². The molecule has 0 heterocycles. The van der Waals surface area contributed by atoms with Gasteiger partial charge >= 0.3 is 0 Å². The molecule has 2 rings (SSSR count). The maximum Gasteiger partial charge on any atom is 0.141 e. The zero-order chi connectivity index (χ0) is 13.0. The first-order valence-corrected chi connectivity index (χ1v) is 6.79. The van der Waals surface area contributed by atoms with Gasteiger partial charge in [0.25, 0.3) is 0 Å². The fourth-order valence-corrected chi connectivity index (χ4v) is 2.70. The van der Waals surface area contributed by atoms with Crippen LogP contribution in [0.25, 0.3) is 0 Å². The predicted molar refractivity (Wildman–Crippen MR) is 78.1 cm³/mol. The minimum absolute atomic E-state index is 0.694. The number of hydrogen-bond acceptors (Lipinski definition) is 3. The minimum atomic E-state index is 0.694. The van der Waals surface area contributed by atoms with Crippen LogP contribution in [0.4, 0.5) is 5.69 Å². The standard InChI is InChI=1S/C15H17NOS/c1-11-4-3-5-13(8-11)18-10-12-6-7-15(17-2)14(16)9-12/h3-9H,10,16H2,1-2H3. The molecule has 0 saturated carbocycles. The Morgan fingerprint density at radius 2 is 2.00 bits per heavy atom. The molecule has 0 aliphatic heterocycles. The van der Waals surface area contributed by atoms with E-state index in [-0.39, 0.29) is 0 Å². The average Bonchev–Trinajstić information content (AvgIpc) is 2.37. The maximum atomic E-state index is 5.89. The molecule has 2 N–H and O–H groups in total. The minimum Gasteiger partial charge on any atom is -0.495 e. The molecule has 2 aromatic carbocycles. The SMILES string of the molecule is COc1ccc(CSc2cccc(C)c2)cc1N. The van der Waals surface area contributed by atoms with Crippen LogP contribution in [-0.2, 0) is 5.75 Å². The zero-order valence-corrected chi connectivity index (χ0v) is 11.5. The van der Waals surface area contributed by atoms with Crippen LogP contribution in [0, 0.1) is 6.92 Å². The lowest BCUT2D eigenvalue weighted by Crippen LogP contribution is -1.93. The van der Waals surface area contributed by atoms with Crippen LogP contribution in [0.15, 0.2) is 47.4 Å². The third kappa shape index (κ3) is 3.20. The van der Waals surface area contributed by atoms with Crippen LogP contribution in [0.1, 0.15) is 11.1 Å². The van der Waals surface area contributed by atoms with E-state index in [9.17, 15) is 0 Å². The van der Waals surface area contributed by atoms with Gasteiger partial charge in [-0.1, -0.05) is 23.8 Å². The monoisotopic (exact) mass is 259 g/mol. The van der Waals surface area contributed by atoms with Crippen molar-refractivity contribution >= 4 is 17.4 Å². The van der Waals surface area contributed by atoms with Crippen LogP contribution in [0.3, 0.4) is 0 Å². The van der Waals surface area contributed by atoms with Gasteiger partial charge in [0.1, 0.15) is 5.75 Å². The number of aryl methyl sites for hydroxylation is 1. The van der Waals surface area contributed by atoms with Gasteiger partial charge in [-0.25, -0.2) is 0 Å². The van der Waals surface area contributed by atoms with Gasteiger partial charge in [0, 0.05) is 10.6 Å². The van der Waals surface area contributed by atoms with E-state index < -0.39 is 0 Å². The van der Waals surface area contributed by atoms with E-state index in [1.807, 2.05) is 23.9 Å². The molecular formula is C15H17NOS. The number of nitrogens with two attached hydrogens (primary N) is 1. The molecule has 0 aromatic heterocycles. The van der Waals surface area contributed by atoms with Gasteiger partial charge in [-0.05, 0) is 36.8 Å². The molecular weight excluding hydrogens is 242 g/mol. The van der Waals surface area contributed by atoms with Crippen LogP contribution >= 0.6 is 11.8 Å². The summed E-state index contributed by atoms with van der Waals surface area (Å²) in [6.45, 7) is 2.11. The molecule has 0 aliphatic carbocycles. The Labute approximate surface area is 112 Å². The first-order valence-electron chi connectivity index (χ1n) is 5.81. The highest BCUT2D eigenvalue weighted by Crippen LogP contribution is 2.27. The highest BCUT2D eigenvalue weighted by atomic mass is 32.2. The number of methoxy groups -OCH3 is 1. The molecule has 0 radical (unpaired) electrons. The zero-order valence-electron chi connectivity index (χ0n) is 10.6. The molecule has 0 amide bonds. The second kappa shape index (κ2) is 5.83. The van der Waals surface area contributed by atoms with Crippen molar-refractivity contribution in [1.82, 2.24) is 0 Å². The number of anilines is 1. The van der Waals surface area contributed by atoms with Crippen LogP contribution < -0.4 is 10.5 Å². The molecule has 2 nitrogen and oxygen atoms in total. The van der Waals surface area contributed by atoms with E-state index in [2.05, 4.69) is 37.3 Å². The fourth-order valence-electron chi connectivity index (χ4n) is 1.75. The summed E-state index contributed by atoms with van der Waals surface area (Å²) in [7, 11) is 1.63. The summed E-state index contributed by atoms with van der Waals surface area (Å²) < 4.78 is 5.15. The molecule has 2 aromatic rings. The maximum absolute atomic E-state index is 5.89. The summed E-state index contributed by atoms with van der Waals surface area (Å²) >= 11 is 1.81. The van der Waals surface area contributed by atoms with E-state index >= 15 is 0 Å². The van der Waals surface area contributed by atoms with E-state index in [4.69, 9.17) is 10.5 Å². The molecule has 94 valence electrons. The van der Waals surface area contributed by atoms with Crippen molar-refractivity contribution in [3.63, 3.8) is 0 Å². The van der Waals surface area contributed by atoms with Gasteiger partial charge in [-0.15, -0.1) is 11.8 Å². The summed E-state index contributed by atoms with van der Waals surface area (Å²) in [6.07, 6.45) is 0. The third-order valence-electron chi connectivity index (χ3n) is 2.69. The fraction of sp³-hybridized carbons (Fsp3) is 0.200. The van der Waals surface area contributed by atoms with Crippen LogP contribution in [-0.4, -0.2) is 7.11 Å². The molecule has 0 unspecified atom stereocenters. The second-order valence-corrected chi connectivity index (χ2v) is 5.23. The highest BCUT2D eigenvalue weighted by Gasteiger charge is 2.01. The molecule has 0 aliphatic rings. The second-order valence-electron chi connectivity index (χ2n) is 4.18. The highest BCUT2D eigenvalue weighted by molar-refractivity contribution is 7.98. The smallest absolute Gasteiger partial charge is 0.141 e. The van der Waals surface area contributed by atoms with Crippen molar-refractivity contribution in [3.05, 3.63) is 53.6 Å². The van der Waals surface area contributed by atoms with E-state index in [0.717, 1.165) is 11.5 Å². The van der Waals surface area contributed by atoms with Crippen molar-refractivity contribution in [2.45, 2.75) is 17.6 Å². The van der Waals surface area contributed by atoms with E-state index in [1.165, 1.54) is 16.0 Å². The normalized spacial score (nSPS) is 10.3. The molecule has 0 saturated heterocycles. The van der Waals surface area contributed by atoms with Gasteiger partial charge in [-0.3, -0.25) is 0 Å². The van der Waals surface area contributed by atoms with Crippen molar-refractivity contribution in [1.29, 1.82) is 0 Å². The molecule has 0 spiro atoms. The lowest BCUT2D eigenvalue weighted by molar-refractivity contribution is 0.417. The number of hydrogen-bond donors (Lipinski definition) is 1. The largest absolute Gasteiger partial charge is 0.495 e. The Morgan fingerprint density at radius 3 is 2.67 bits per heavy atom. The Kier molecular flexibility index (Phi) is 4.15. The molecule has 0 bridgehead atoms. The summed E-state index contributed by atoms with van der Waals surface area (Å²) in [5.74, 6) is 1.65. The summed E-state index contributed by atoms with van der Waals surface area (Å²) in [5.41, 5.74) is 9.08. The van der Waals surface area contributed by atoms with Gasteiger partial charge in [0.05, 0.1) is 12.8 Å². The van der Waals surface area contributed by atoms with Crippen molar-refractivity contribution in [2.75, 3.05) is 12.8 Å². The Bertz CT molecular complexity index is 540. The van der Waals surface area contributed by atoms with Crippen molar-refractivity contribution in [2.24, 2.45) is 0 Å². The molecule has 0 fully saturated rings. The van der Waals surface area contributed by atoms with E-state index in [1.54, 1.807) is 7.11 Å². The Hall–Kier alpha value is -1.61. The first-order chi connectivity index (χ1) is 8.69. The average molecular weight is 259 g/mol. The molecule has 3 heteroatoms. The number of nitrogen functional groups attached to an aromatic ring is 1. The lowest BCUT2D eigenvalue weighted by atomic mass is 10.2. The Balaban J connectivity index is 2.04. The quantitative estimate of drug-likeness (QED) is 0.668. The number of benzene rings is 2. The number of thioether (sulfide) groups is 1. The van der Waals surface area contributed by atoms with Gasteiger partial charge in [0.2, 0.25) is 0 Å². The Morgan fingerprint density at radius 1 is 1.17 bits per heavy atom. The third-order valence-corrected chi connectivity index (χ3v) is 3.75. The molecule has 0 atom stereocenters. The number of ether oxygens (including phenoxy) is 1. The van der Waals surface area contributed by atoms with E-state index in [0.29, 0.717) is 5.69 Å². The number of rotatable bonds is 4. The predicted octanol–water partition coefficient (Wildman–Crippen LogP) is 3.88. The summed E-state index contributed by atoms with van der Waals surface area (Å²) in [4.78, 5) is 1.28. The van der Waals surface area contributed by atoms with Gasteiger partial charge < -0.3 is 10.5 Å². The first kappa shape index (κ1) is 12.8. The molecule has 18 heavy (non-hydrogen) atoms. The van der Waals surface area contributed by atoms with Crippen LogP contribution in [0.5, 0.6) is 5.75 Å². The topological polar surface area (TPSA) is 35.2 Å². The van der Waals surface area contributed by atoms with Crippen molar-refractivity contribution in [3.8, 4) is 5.75 Å². The van der Waals surface area contributed by atoms with Gasteiger partial charge in [0.15, 0.2) is 0 Å².